The van der Waals surface area contributed by atoms with Crippen molar-refractivity contribution < 1.29 is 4.39 Å². The summed E-state index contributed by atoms with van der Waals surface area (Å²) < 4.78 is 13.4. The van der Waals surface area contributed by atoms with Crippen LogP contribution in [0.15, 0.2) is 29.3 Å². The Bertz CT molecular complexity index is 485. The number of likely N-dealkylation sites (N-methyl/N-ethyl adjacent to an activating group) is 1. The molecule has 0 aromatic heterocycles. The lowest BCUT2D eigenvalue weighted by Crippen LogP contribution is -2.42. The van der Waals surface area contributed by atoms with E-state index in [0.29, 0.717) is 6.54 Å². The fraction of sp³-hybridized carbons (Fsp3) is 0.588. The van der Waals surface area contributed by atoms with Gasteiger partial charge < -0.3 is 15.5 Å². The van der Waals surface area contributed by atoms with Gasteiger partial charge in [-0.05, 0) is 56.6 Å². The maximum Gasteiger partial charge on any atom is 0.191 e. The molecule has 1 aromatic carbocycles. The van der Waals surface area contributed by atoms with Gasteiger partial charge in [-0.15, -0.1) is 24.0 Å². The van der Waals surface area contributed by atoms with Crippen LogP contribution >= 0.6 is 35.7 Å². The Hall–Kier alpha value is -0.540. The van der Waals surface area contributed by atoms with Crippen molar-refractivity contribution in [2.45, 2.75) is 18.9 Å². The summed E-state index contributed by atoms with van der Waals surface area (Å²) in [5.41, 5.74) is 0.956. The van der Waals surface area contributed by atoms with Crippen molar-refractivity contribution >= 4 is 41.7 Å². The fourth-order valence-corrected chi connectivity index (χ4v) is 2.80. The van der Waals surface area contributed by atoms with Gasteiger partial charge in [0.2, 0.25) is 0 Å². The molecule has 0 aliphatic heterocycles. The molecule has 0 fully saturated rings. The second-order valence-electron chi connectivity index (χ2n) is 5.61. The number of hydrogen-bond donors (Lipinski definition) is 2. The van der Waals surface area contributed by atoms with Gasteiger partial charge in [-0.1, -0.05) is 12.1 Å². The van der Waals surface area contributed by atoms with Crippen molar-refractivity contribution in [1.82, 2.24) is 15.5 Å². The molecule has 7 heteroatoms. The molecule has 0 radical (unpaired) electrons. The molecule has 1 rings (SSSR count). The van der Waals surface area contributed by atoms with E-state index in [9.17, 15) is 4.39 Å². The Morgan fingerprint density at radius 2 is 2.04 bits per heavy atom. The van der Waals surface area contributed by atoms with E-state index in [1.54, 1.807) is 19.2 Å². The summed E-state index contributed by atoms with van der Waals surface area (Å²) in [7, 11) is 5.76. The van der Waals surface area contributed by atoms with Crippen LogP contribution in [0.25, 0.3) is 0 Å². The highest BCUT2D eigenvalue weighted by Crippen LogP contribution is 2.18. The lowest BCUT2D eigenvalue weighted by molar-refractivity contribution is 0.297. The van der Waals surface area contributed by atoms with Gasteiger partial charge in [0.1, 0.15) is 5.82 Å². The zero-order valence-electron chi connectivity index (χ0n) is 15.0. The van der Waals surface area contributed by atoms with Gasteiger partial charge in [-0.25, -0.2) is 4.39 Å². The molecule has 24 heavy (non-hydrogen) atoms. The van der Waals surface area contributed by atoms with Crippen molar-refractivity contribution in [2.24, 2.45) is 4.99 Å². The van der Waals surface area contributed by atoms with Crippen molar-refractivity contribution in [3.8, 4) is 0 Å². The van der Waals surface area contributed by atoms with Crippen LogP contribution in [0.1, 0.15) is 24.4 Å². The molecule has 0 heterocycles. The first-order valence-electron chi connectivity index (χ1n) is 7.93. The number of guanidine groups is 1. The molecule has 0 saturated carbocycles. The van der Waals surface area contributed by atoms with Crippen LogP contribution in [0, 0.1) is 5.82 Å². The fourth-order valence-electron chi connectivity index (χ4n) is 2.30. The van der Waals surface area contributed by atoms with E-state index in [1.165, 1.54) is 18.2 Å². The van der Waals surface area contributed by atoms with Gasteiger partial charge in [0.05, 0.1) is 6.04 Å². The Balaban J connectivity index is 0.00000529. The maximum absolute atomic E-state index is 13.4. The first-order valence-corrected chi connectivity index (χ1v) is 9.33. The molecule has 0 saturated heterocycles. The number of aliphatic imine (C=N–C) groups is 1. The smallest absolute Gasteiger partial charge is 0.191 e. The molecule has 0 aliphatic carbocycles. The van der Waals surface area contributed by atoms with E-state index in [1.807, 2.05) is 31.9 Å². The first-order chi connectivity index (χ1) is 11.1. The minimum atomic E-state index is -0.203. The molecule has 1 atom stereocenters. The van der Waals surface area contributed by atoms with Gasteiger partial charge >= 0.3 is 0 Å². The zero-order valence-corrected chi connectivity index (χ0v) is 18.2. The summed E-state index contributed by atoms with van der Waals surface area (Å²) in [5, 5.41) is 6.65. The number of thioether (sulfide) groups is 1. The third kappa shape index (κ3) is 9.08. The highest BCUT2D eigenvalue weighted by Gasteiger charge is 2.15. The largest absolute Gasteiger partial charge is 0.356 e. The van der Waals surface area contributed by atoms with E-state index >= 15 is 0 Å². The standard InChI is InChI=1S/C17H29FN4S.HI/c1-19-17(20-10-5-6-11-23-4)21-13-16(22(2)3)14-8-7-9-15(18)12-14;/h7-9,12,16H,5-6,10-11,13H2,1-4H3,(H2,19,20,21);1H. The van der Waals surface area contributed by atoms with Crippen LogP contribution in [-0.2, 0) is 0 Å². The summed E-state index contributed by atoms with van der Waals surface area (Å²) in [6, 6.07) is 6.85. The van der Waals surface area contributed by atoms with Crippen molar-refractivity contribution in [2.75, 3.05) is 46.2 Å². The number of benzene rings is 1. The summed E-state index contributed by atoms with van der Waals surface area (Å²) >= 11 is 1.87. The number of unbranched alkanes of at least 4 members (excludes halogenated alkanes) is 1. The summed E-state index contributed by atoms with van der Waals surface area (Å²) in [6.07, 6.45) is 4.46. The van der Waals surface area contributed by atoms with E-state index < -0.39 is 0 Å². The van der Waals surface area contributed by atoms with E-state index in [0.717, 1.165) is 24.5 Å². The third-order valence-corrected chi connectivity index (χ3v) is 4.31. The summed E-state index contributed by atoms with van der Waals surface area (Å²) in [5.74, 6) is 1.78. The Morgan fingerprint density at radius 1 is 1.29 bits per heavy atom. The maximum atomic E-state index is 13.4. The number of nitrogens with one attached hydrogen (secondary N) is 2. The topological polar surface area (TPSA) is 39.7 Å². The van der Waals surface area contributed by atoms with E-state index in [2.05, 4.69) is 26.8 Å². The van der Waals surface area contributed by atoms with Crippen LogP contribution in [0.5, 0.6) is 0 Å². The molecule has 2 N–H and O–H groups in total. The van der Waals surface area contributed by atoms with Crippen molar-refractivity contribution in [3.05, 3.63) is 35.6 Å². The Kier molecular flexibility index (Phi) is 13.4. The molecule has 0 amide bonds. The second-order valence-corrected chi connectivity index (χ2v) is 6.60. The molecule has 0 bridgehead atoms. The molecular formula is C17H30FIN4S. The van der Waals surface area contributed by atoms with Crippen molar-refractivity contribution in [1.29, 1.82) is 0 Å². The summed E-state index contributed by atoms with van der Waals surface area (Å²) in [4.78, 5) is 6.32. The number of rotatable bonds is 9. The molecular weight excluding hydrogens is 438 g/mol. The van der Waals surface area contributed by atoms with Gasteiger partial charge in [0.25, 0.3) is 0 Å². The molecule has 4 nitrogen and oxygen atoms in total. The Labute approximate surface area is 167 Å². The van der Waals surface area contributed by atoms with E-state index in [4.69, 9.17) is 0 Å². The minimum Gasteiger partial charge on any atom is -0.356 e. The van der Waals surface area contributed by atoms with Gasteiger partial charge in [0, 0.05) is 20.1 Å². The molecule has 0 spiro atoms. The molecule has 1 unspecified atom stereocenters. The molecule has 0 aliphatic rings. The average Bonchev–Trinajstić information content (AvgIpc) is 2.52. The van der Waals surface area contributed by atoms with Crippen LogP contribution in [0.3, 0.4) is 0 Å². The van der Waals surface area contributed by atoms with Crippen LogP contribution in [-0.4, -0.2) is 57.1 Å². The molecule has 1 aromatic rings. The number of halogens is 2. The Morgan fingerprint density at radius 3 is 2.62 bits per heavy atom. The van der Waals surface area contributed by atoms with Crippen LogP contribution in [0.2, 0.25) is 0 Å². The number of hydrogen-bond acceptors (Lipinski definition) is 3. The SMILES string of the molecule is CN=C(NCCCCSC)NCC(c1cccc(F)c1)N(C)C.I. The highest BCUT2D eigenvalue weighted by molar-refractivity contribution is 14.0. The van der Waals surface area contributed by atoms with Crippen molar-refractivity contribution in [3.63, 3.8) is 0 Å². The van der Waals surface area contributed by atoms with Gasteiger partial charge in [-0.2, -0.15) is 11.8 Å². The van der Waals surface area contributed by atoms with E-state index in [-0.39, 0.29) is 35.8 Å². The minimum absolute atomic E-state index is 0. The second kappa shape index (κ2) is 13.7. The monoisotopic (exact) mass is 468 g/mol. The average molecular weight is 468 g/mol. The predicted molar refractivity (Wildman–Crippen MR) is 115 cm³/mol. The first kappa shape index (κ1) is 23.5. The van der Waals surface area contributed by atoms with Gasteiger partial charge in [-0.3, -0.25) is 4.99 Å². The zero-order chi connectivity index (χ0) is 17.1. The van der Waals surface area contributed by atoms with Crippen LogP contribution < -0.4 is 10.6 Å². The van der Waals surface area contributed by atoms with Gasteiger partial charge in [0.15, 0.2) is 5.96 Å². The quantitative estimate of drug-likeness (QED) is 0.253. The van der Waals surface area contributed by atoms with Crippen LogP contribution in [0.4, 0.5) is 4.39 Å². The number of nitrogens with zero attached hydrogens (tertiary/aromatic N) is 2. The summed E-state index contributed by atoms with van der Waals surface area (Å²) in [6.45, 7) is 1.58. The third-order valence-electron chi connectivity index (χ3n) is 3.61. The highest BCUT2D eigenvalue weighted by atomic mass is 127. The molecule has 138 valence electrons. The lowest BCUT2D eigenvalue weighted by Gasteiger charge is -2.26. The normalized spacial score (nSPS) is 12.7. The lowest BCUT2D eigenvalue weighted by atomic mass is 10.1. The predicted octanol–water partition coefficient (Wildman–Crippen LogP) is 3.35.